The lowest BCUT2D eigenvalue weighted by molar-refractivity contribution is -0.133. The van der Waals surface area contributed by atoms with Gasteiger partial charge >= 0.3 is 6.09 Å². The Morgan fingerprint density at radius 2 is 1.70 bits per heavy atom. The lowest BCUT2D eigenvalue weighted by Gasteiger charge is -2.42. The summed E-state index contributed by atoms with van der Waals surface area (Å²) in [6.45, 7) is 3.14. The molecule has 3 atom stereocenters. The van der Waals surface area contributed by atoms with Crippen LogP contribution >= 0.6 is 11.6 Å². The van der Waals surface area contributed by atoms with Crippen LogP contribution in [-0.4, -0.2) is 128 Å². The van der Waals surface area contributed by atoms with Crippen LogP contribution in [0.15, 0.2) is 66.7 Å². The Morgan fingerprint density at radius 3 is 2.43 bits per heavy atom. The number of para-hydroxylation sites is 1. The molecule has 1 fully saturated rings. The Bertz CT molecular complexity index is 1830. The van der Waals surface area contributed by atoms with Gasteiger partial charge in [-0.15, -0.1) is 0 Å². The lowest BCUT2D eigenvalue weighted by atomic mass is 9.84. The topological polar surface area (TPSA) is 172 Å². The molecule has 0 aromatic heterocycles. The van der Waals surface area contributed by atoms with Crippen molar-refractivity contribution >= 4 is 39.4 Å². The van der Waals surface area contributed by atoms with E-state index < -0.39 is 46.9 Å². The van der Waals surface area contributed by atoms with E-state index in [2.05, 4.69) is 14.4 Å². The molecule has 3 aromatic rings. The minimum Gasteiger partial charge on any atom is -0.493 e. The van der Waals surface area contributed by atoms with Gasteiger partial charge in [0.2, 0.25) is 5.91 Å². The Balaban J connectivity index is 1.29. The largest absolute Gasteiger partial charge is 0.493 e. The molecule has 56 heavy (non-hydrogen) atoms. The molecule has 306 valence electrons. The van der Waals surface area contributed by atoms with Crippen molar-refractivity contribution in [2.45, 2.75) is 37.6 Å². The van der Waals surface area contributed by atoms with Crippen molar-refractivity contribution in [2.75, 3.05) is 90.6 Å². The second kappa shape index (κ2) is 21.3. The third kappa shape index (κ3) is 13.1. The van der Waals surface area contributed by atoms with E-state index >= 15 is 0 Å². The highest BCUT2D eigenvalue weighted by Gasteiger charge is 2.41. The van der Waals surface area contributed by atoms with E-state index in [0.29, 0.717) is 49.4 Å². The van der Waals surface area contributed by atoms with E-state index in [-0.39, 0.29) is 32.8 Å². The second-order valence-electron chi connectivity index (χ2n) is 13.3. The molecule has 5 rings (SSSR count). The summed E-state index contributed by atoms with van der Waals surface area (Å²) in [7, 11) is -1.98. The van der Waals surface area contributed by atoms with Crippen LogP contribution in [-0.2, 0) is 39.9 Å². The highest BCUT2D eigenvalue weighted by atomic mass is 35.5. The van der Waals surface area contributed by atoms with Crippen LogP contribution in [0.3, 0.4) is 0 Å². The standard InChI is InChI=1S/C39H50ClN3O12S/c1-49-18-5-16-42-17-22-52-34-14-9-28(23-32(34)42)26-53-35-24-43(39(45)46)25-36(54-27-37(44)41-15-21-55-56(2,47)48)38(35)29-10-12-30(13-11-29)50-19-6-20-51-33-8-4-3-7-31(33)40/h3-4,7-14,23,35-36,38H,5-6,15-22,24-27H2,1-2H3,(H,41,44)(H,45,46)/t35-,36+,38+/m0/s1. The van der Waals surface area contributed by atoms with Gasteiger partial charge in [-0.1, -0.05) is 41.9 Å². The Labute approximate surface area is 332 Å². The molecule has 0 unspecified atom stereocenters. The summed E-state index contributed by atoms with van der Waals surface area (Å²) in [5, 5.41) is 13.2. The smallest absolute Gasteiger partial charge is 0.407 e. The number of carbonyl (C=O) groups excluding carboxylic acids is 1. The normalized spacial score (nSPS) is 18.2. The third-order valence-corrected chi connectivity index (χ3v) is 10.1. The first-order valence-electron chi connectivity index (χ1n) is 18.4. The summed E-state index contributed by atoms with van der Waals surface area (Å²) in [6.07, 6.45) is -0.173. The molecule has 1 saturated heterocycles. The van der Waals surface area contributed by atoms with Gasteiger partial charge < -0.3 is 48.6 Å². The molecule has 0 radical (unpaired) electrons. The maximum Gasteiger partial charge on any atom is 0.407 e. The molecule has 2 aliphatic rings. The van der Waals surface area contributed by atoms with Crippen molar-refractivity contribution in [3.63, 3.8) is 0 Å². The van der Waals surface area contributed by atoms with Crippen LogP contribution in [0.5, 0.6) is 17.2 Å². The second-order valence-corrected chi connectivity index (χ2v) is 15.4. The van der Waals surface area contributed by atoms with Crippen LogP contribution in [0.1, 0.15) is 29.9 Å². The van der Waals surface area contributed by atoms with Crippen molar-refractivity contribution in [1.82, 2.24) is 10.2 Å². The van der Waals surface area contributed by atoms with Crippen LogP contribution in [0.25, 0.3) is 0 Å². The van der Waals surface area contributed by atoms with Gasteiger partial charge in [0.15, 0.2) is 0 Å². The van der Waals surface area contributed by atoms with E-state index in [4.69, 9.17) is 40.0 Å². The minimum atomic E-state index is -3.66. The molecule has 0 spiro atoms. The zero-order valence-electron chi connectivity index (χ0n) is 31.6. The van der Waals surface area contributed by atoms with Crippen LogP contribution in [0.4, 0.5) is 10.5 Å². The molecule has 0 aliphatic carbocycles. The molecule has 2 N–H and O–H groups in total. The van der Waals surface area contributed by atoms with Crippen molar-refractivity contribution in [2.24, 2.45) is 0 Å². The molecule has 15 nitrogen and oxygen atoms in total. The quantitative estimate of drug-likeness (QED) is 0.113. The minimum absolute atomic E-state index is 0.0133. The highest BCUT2D eigenvalue weighted by molar-refractivity contribution is 7.85. The van der Waals surface area contributed by atoms with Crippen LogP contribution in [0, 0.1) is 0 Å². The Morgan fingerprint density at radius 1 is 0.946 bits per heavy atom. The number of fused-ring (bicyclic) bond motifs is 1. The number of likely N-dealkylation sites (tertiary alicyclic amines) is 1. The molecule has 2 heterocycles. The van der Waals surface area contributed by atoms with Gasteiger partial charge in [0.05, 0.1) is 75.2 Å². The van der Waals surface area contributed by atoms with Crippen molar-refractivity contribution < 1.29 is 55.7 Å². The van der Waals surface area contributed by atoms with Gasteiger partial charge in [0, 0.05) is 39.1 Å². The number of amides is 2. The number of nitrogens with one attached hydrogen (secondary N) is 1. The fourth-order valence-electron chi connectivity index (χ4n) is 6.51. The number of methoxy groups -OCH3 is 1. The molecule has 0 saturated carbocycles. The fourth-order valence-corrected chi connectivity index (χ4v) is 7.09. The summed E-state index contributed by atoms with van der Waals surface area (Å²) in [4.78, 5) is 28.6. The molecule has 17 heteroatoms. The molecule has 2 aliphatic heterocycles. The lowest BCUT2D eigenvalue weighted by Crippen LogP contribution is -2.54. The number of hydrogen-bond donors (Lipinski definition) is 2. The Kier molecular flexibility index (Phi) is 16.3. The molecule has 0 bridgehead atoms. The monoisotopic (exact) mass is 819 g/mol. The van der Waals surface area contributed by atoms with E-state index in [1.807, 2.05) is 54.6 Å². The summed E-state index contributed by atoms with van der Waals surface area (Å²) >= 11 is 6.17. The average molecular weight is 820 g/mol. The average Bonchev–Trinajstić information content (AvgIpc) is 3.18. The van der Waals surface area contributed by atoms with Gasteiger partial charge in [0.25, 0.3) is 10.1 Å². The van der Waals surface area contributed by atoms with Crippen molar-refractivity contribution in [3.05, 3.63) is 82.9 Å². The first-order valence-corrected chi connectivity index (χ1v) is 20.6. The van der Waals surface area contributed by atoms with E-state index in [9.17, 15) is 23.1 Å². The number of anilines is 1. The number of benzene rings is 3. The van der Waals surface area contributed by atoms with E-state index in [1.54, 1.807) is 19.2 Å². The summed E-state index contributed by atoms with van der Waals surface area (Å²) in [5.41, 5.74) is 2.65. The number of carboxylic acid groups (broad SMARTS) is 1. The van der Waals surface area contributed by atoms with Gasteiger partial charge in [-0.3, -0.25) is 8.98 Å². The predicted octanol–water partition coefficient (Wildman–Crippen LogP) is 4.56. The summed E-state index contributed by atoms with van der Waals surface area (Å²) in [6, 6.07) is 20.6. The first-order chi connectivity index (χ1) is 27.0. The summed E-state index contributed by atoms with van der Waals surface area (Å²) in [5.74, 6) is 1.04. The number of nitrogens with zero attached hydrogens (tertiary/aromatic N) is 2. The maximum atomic E-state index is 12.7. The zero-order chi connectivity index (χ0) is 39.9. The van der Waals surface area contributed by atoms with Crippen LogP contribution < -0.4 is 24.4 Å². The molecule has 3 aromatic carbocycles. The van der Waals surface area contributed by atoms with Crippen molar-refractivity contribution in [1.29, 1.82) is 0 Å². The van der Waals surface area contributed by atoms with E-state index in [1.165, 1.54) is 4.90 Å². The molecular weight excluding hydrogens is 770 g/mol. The maximum absolute atomic E-state index is 12.7. The Hall–Kier alpha value is -4.32. The SMILES string of the molecule is COCCCN1CCOc2ccc(CO[C@H]3CN(C(=O)O)C[C@@H](OCC(=O)NCCOS(C)(=O)=O)[C@@H]3c3ccc(OCCCOc4ccccc4Cl)cc3)cc21. The van der Waals surface area contributed by atoms with Crippen LogP contribution in [0.2, 0.25) is 5.02 Å². The highest BCUT2D eigenvalue weighted by Crippen LogP contribution is 2.36. The van der Waals surface area contributed by atoms with Gasteiger partial charge in [-0.25, -0.2) is 4.79 Å². The first kappa shape index (κ1) is 42.8. The number of rotatable bonds is 21. The van der Waals surface area contributed by atoms with Gasteiger partial charge in [-0.05, 0) is 53.9 Å². The molecule has 2 amide bonds. The number of ether oxygens (including phenoxy) is 6. The zero-order valence-corrected chi connectivity index (χ0v) is 33.2. The number of piperidine rings is 1. The predicted molar refractivity (Wildman–Crippen MR) is 209 cm³/mol. The van der Waals surface area contributed by atoms with Gasteiger partial charge in [0.1, 0.15) is 30.5 Å². The summed E-state index contributed by atoms with van der Waals surface area (Å²) < 4.78 is 62.8. The molecular formula is C39H50ClN3O12S. The fraction of sp³-hybridized carbons (Fsp3) is 0.487. The number of halogens is 1. The van der Waals surface area contributed by atoms with Gasteiger partial charge in [-0.2, -0.15) is 8.42 Å². The number of hydrogen-bond acceptors (Lipinski definition) is 12. The van der Waals surface area contributed by atoms with Crippen molar-refractivity contribution in [3.8, 4) is 17.2 Å². The third-order valence-electron chi connectivity index (χ3n) is 9.16. The van der Waals surface area contributed by atoms with E-state index in [0.717, 1.165) is 48.3 Å². The number of carbonyl (C=O) groups is 2.